The van der Waals surface area contributed by atoms with Crippen LogP contribution < -0.4 is 0 Å². The first-order valence-electron chi connectivity index (χ1n) is 6.86. The van der Waals surface area contributed by atoms with Gasteiger partial charge in [0.05, 0.1) is 23.2 Å². The molecular formula is C16H22O4S. The van der Waals surface area contributed by atoms with Crippen molar-refractivity contribution in [2.24, 2.45) is 5.41 Å². The third-order valence-electron chi connectivity index (χ3n) is 3.49. The first kappa shape index (κ1) is 17.6. The van der Waals surface area contributed by atoms with Crippen molar-refractivity contribution in [2.75, 3.05) is 12.4 Å². The van der Waals surface area contributed by atoms with Crippen LogP contribution in [0.3, 0.4) is 0 Å². The molecule has 0 aliphatic rings. The number of benzene rings is 1. The fraction of sp³-hybridized carbons (Fsp3) is 0.500. The van der Waals surface area contributed by atoms with Gasteiger partial charge in [0.25, 0.3) is 0 Å². The van der Waals surface area contributed by atoms with Gasteiger partial charge in [0, 0.05) is 4.90 Å². The Morgan fingerprint density at radius 1 is 1.19 bits per heavy atom. The highest BCUT2D eigenvalue weighted by atomic mass is 32.2. The minimum Gasteiger partial charge on any atom is -0.465 e. The van der Waals surface area contributed by atoms with Crippen molar-refractivity contribution in [3.63, 3.8) is 0 Å². The molecule has 0 saturated heterocycles. The Hall–Kier alpha value is -1.49. The minimum atomic E-state index is -1.46. The predicted octanol–water partition coefficient (Wildman–Crippen LogP) is 2.57. The Labute approximate surface area is 128 Å². The van der Waals surface area contributed by atoms with Gasteiger partial charge in [0.1, 0.15) is 5.41 Å². The second-order valence-electron chi connectivity index (χ2n) is 5.50. The van der Waals surface area contributed by atoms with Crippen LogP contribution in [0.15, 0.2) is 23.1 Å². The average molecular weight is 310 g/mol. The van der Waals surface area contributed by atoms with Crippen molar-refractivity contribution in [3.05, 3.63) is 29.3 Å². The highest BCUT2D eigenvalue weighted by Gasteiger charge is 2.38. The summed E-state index contributed by atoms with van der Waals surface area (Å²) in [5, 5.41) is 0. The van der Waals surface area contributed by atoms with E-state index in [1.165, 1.54) is 13.8 Å². The van der Waals surface area contributed by atoms with Gasteiger partial charge in [-0.05, 0) is 57.9 Å². The van der Waals surface area contributed by atoms with Crippen LogP contribution in [0.2, 0.25) is 0 Å². The molecule has 0 amide bonds. The molecule has 1 atom stereocenters. The van der Waals surface area contributed by atoms with Gasteiger partial charge in [-0.25, -0.2) is 0 Å². The molecule has 0 spiro atoms. The lowest BCUT2D eigenvalue weighted by atomic mass is 9.89. The van der Waals surface area contributed by atoms with Crippen LogP contribution in [0.25, 0.3) is 0 Å². The molecule has 0 saturated carbocycles. The van der Waals surface area contributed by atoms with Crippen LogP contribution in [0, 0.1) is 19.3 Å². The molecule has 21 heavy (non-hydrogen) atoms. The van der Waals surface area contributed by atoms with E-state index in [4.69, 9.17) is 4.74 Å². The summed E-state index contributed by atoms with van der Waals surface area (Å²) >= 11 is 0. The molecule has 4 nitrogen and oxygen atoms in total. The monoisotopic (exact) mass is 310 g/mol. The SMILES string of the molecule is CCOC(=O)C(C)(C)C(=O)CS(=O)c1ccc(C)c(C)c1. The molecule has 0 fully saturated rings. The zero-order chi connectivity index (χ0) is 16.2. The standard InChI is InChI=1S/C16H22O4S/c1-6-20-15(18)16(4,5)14(17)10-21(19)13-8-7-11(2)12(3)9-13/h7-9H,6,10H2,1-5H3. The summed E-state index contributed by atoms with van der Waals surface area (Å²) in [6, 6.07) is 5.45. The largest absolute Gasteiger partial charge is 0.465 e. The Balaban J connectivity index is 2.84. The lowest BCUT2D eigenvalue weighted by molar-refractivity contribution is -0.157. The quantitative estimate of drug-likeness (QED) is 0.598. The van der Waals surface area contributed by atoms with E-state index in [1.807, 2.05) is 26.0 Å². The minimum absolute atomic E-state index is 0.186. The number of ether oxygens (including phenoxy) is 1. The number of ketones is 1. The molecule has 0 aromatic heterocycles. The number of carbonyl (C=O) groups excluding carboxylic acids is 2. The second-order valence-corrected chi connectivity index (χ2v) is 6.96. The van der Waals surface area contributed by atoms with Crippen molar-refractivity contribution in [1.29, 1.82) is 0 Å². The topological polar surface area (TPSA) is 60.4 Å². The number of Topliss-reactive ketones (excluding diaryl/α,β-unsaturated/α-hetero) is 1. The molecule has 116 valence electrons. The number of aryl methyl sites for hydroxylation is 2. The maximum Gasteiger partial charge on any atom is 0.319 e. The summed E-state index contributed by atoms with van der Waals surface area (Å²) in [4.78, 5) is 24.6. The van der Waals surface area contributed by atoms with E-state index in [0.717, 1.165) is 11.1 Å². The lowest BCUT2D eigenvalue weighted by Crippen LogP contribution is -2.37. The molecule has 1 aromatic carbocycles. The molecule has 0 aliphatic heterocycles. The summed E-state index contributed by atoms with van der Waals surface area (Å²) in [5.41, 5.74) is 0.859. The van der Waals surface area contributed by atoms with Crippen LogP contribution in [-0.4, -0.2) is 28.3 Å². The van der Waals surface area contributed by atoms with Gasteiger partial charge < -0.3 is 4.74 Å². The Morgan fingerprint density at radius 2 is 1.81 bits per heavy atom. The maximum absolute atomic E-state index is 12.3. The van der Waals surface area contributed by atoms with E-state index >= 15 is 0 Å². The highest BCUT2D eigenvalue weighted by molar-refractivity contribution is 7.85. The van der Waals surface area contributed by atoms with Crippen molar-refractivity contribution < 1.29 is 18.5 Å². The molecule has 0 bridgehead atoms. The third kappa shape index (κ3) is 4.24. The summed E-state index contributed by atoms with van der Waals surface area (Å²) in [7, 11) is -1.46. The molecule has 1 rings (SSSR count). The van der Waals surface area contributed by atoms with Crippen LogP contribution in [0.1, 0.15) is 31.9 Å². The van der Waals surface area contributed by atoms with Gasteiger partial charge >= 0.3 is 5.97 Å². The van der Waals surface area contributed by atoms with Crippen molar-refractivity contribution in [3.8, 4) is 0 Å². The van der Waals surface area contributed by atoms with Gasteiger partial charge in [-0.15, -0.1) is 0 Å². The van der Waals surface area contributed by atoms with E-state index in [2.05, 4.69) is 0 Å². The van der Waals surface area contributed by atoms with Gasteiger partial charge in [0.15, 0.2) is 5.78 Å². The molecule has 0 radical (unpaired) electrons. The highest BCUT2D eigenvalue weighted by Crippen LogP contribution is 2.21. The number of hydrogen-bond donors (Lipinski definition) is 0. The molecule has 0 N–H and O–H groups in total. The van der Waals surface area contributed by atoms with Crippen molar-refractivity contribution in [2.45, 2.75) is 39.5 Å². The summed E-state index contributed by atoms with van der Waals surface area (Å²) in [6.45, 7) is 8.81. The molecular weight excluding hydrogens is 288 g/mol. The second kappa shape index (κ2) is 6.98. The van der Waals surface area contributed by atoms with Gasteiger partial charge in [0.2, 0.25) is 0 Å². The molecule has 0 aliphatic carbocycles. The lowest BCUT2D eigenvalue weighted by Gasteiger charge is -2.20. The van der Waals surface area contributed by atoms with E-state index in [9.17, 15) is 13.8 Å². The van der Waals surface area contributed by atoms with Crippen molar-refractivity contribution >= 4 is 22.6 Å². The summed E-state index contributed by atoms with van der Waals surface area (Å²) in [5.74, 6) is -1.14. The van der Waals surface area contributed by atoms with E-state index < -0.39 is 22.2 Å². The predicted molar refractivity (Wildman–Crippen MR) is 82.6 cm³/mol. The summed E-state index contributed by atoms with van der Waals surface area (Å²) in [6.07, 6.45) is 0. The Bertz CT molecular complexity index is 576. The van der Waals surface area contributed by atoms with Crippen LogP contribution in [0.4, 0.5) is 0 Å². The Morgan fingerprint density at radius 3 is 2.33 bits per heavy atom. The average Bonchev–Trinajstić information content (AvgIpc) is 2.41. The van der Waals surface area contributed by atoms with Gasteiger partial charge in [-0.3, -0.25) is 13.8 Å². The fourth-order valence-corrected chi connectivity index (χ4v) is 2.96. The van der Waals surface area contributed by atoms with Crippen LogP contribution in [0.5, 0.6) is 0 Å². The molecule has 1 unspecified atom stereocenters. The van der Waals surface area contributed by atoms with Gasteiger partial charge in [-0.1, -0.05) is 6.07 Å². The number of hydrogen-bond acceptors (Lipinski definition) is 4. The number of esters is 1. The third-order valence-corrected chi connectivity index (χ3v) is 4.79. The number of rotatable bonds is 6. The molecule has 1 aromatic rings. The smallest absolute Gasteiger partial charge is 0.319 e. The first-order valence-corrected chi connectivity index (χ1v) is 8.18. The van der Waals surface area contributed by atoms with Crippen LogP contribution in [-0.2, 0) is 25.1 Å². The number of carbonyl (C=O) groups is 2. The van der Waals surface area contributed by atoms with E-state index in [-0.39, 0.29) is 18.1 Å². The maximum atomic E-state index is 12.3. The fourth-order valence-electron chi connectivity index (χ4n) is 1.66. The molecule has 0 heterocycles. The van der Waals surface area contributed by atoms with Crippen molar-refractivity contribution in [1.82, 2.24) is 0 Å². The van der Waals surface area contributed by atoms with Gasteiger partial charge in [-0.2, -0.15) is 0 Å². The normalized spacial score (nSPS) is 12.8. The zero-order valence-corrected chi connectivity index (χ0v) is 14.0. The zero-order valence-electron chi connectivity index (χ0n) is 13.2. The van der Waals surface area contributed by atoms with Crippen LogP contribution >= 0.6 is 0 Å². The van der Waals surface area contributed by atoms with E-state index in [1.54, 1.807) is 13.0 Å². The first-order chi connectivity index (χ1) is 9.70. The summed E-state index contributed by atoms with van der Waals surface area (Å²) < 4.78 is 17.2. The Kier molecular flexibility index (Phi) is 5.84. The van der Waals surface area contributed by atoms with E-state index in [0.29, 0.717) is 4.90 Å². The molecule has 5 heteroatoms.